The topological polar surface area (TPSA) is 59.2 Å². The Morgan fingerprint density at radius 3 is 2.88 bits per heavy atom. The van der Waals surface area contributed by atoms with Crippen molar-refractivity contribution in [1.82, 2.24) is 9.88 Å². The molecule has 0 unspecified atom stereocenters. The van der Waals surface area contributed by atoms with Gasteiger partial charge in [0.1, 0.15) is 4.88 Å². The minimum Gasteiger partial charge on any atom is -0.397 e. The van der Waals surface area contributed by atoms with Crippen LogP contribution in [0, 0.1) is 0 Å². The van der Waals surface area contributed by atoms with Gasteiger partial charge in [-0.05, 0) is 23.6 Å². The van der Waals surface area contributed by atoms with Crippen molar-refractivity contribution in [3.63, 3.8) is 0 Å². The van der Waals surface area contributed by atoms with Gasteiger partial charge in [0, 0.05) is 13.2 Å². The van der Waals surface area contributed by atoms with Crippen LogP contribution in [0.5, 0.6) is 0 Å². The zero-order valence-corrected chi connectivity index (χ0v) is 10.3. The van der Waals surface area contributed by atoms with Gasteiger partial charge in [0.2, 0.25) is 0 Å². The number of hydrogen-bond donors (Lipinski definition) is 1. The molecule has 1 amide bonds. The predicted molar refractivity (Wildman–Crippen MR) is 68.8 cm³/mol. The number of pyridine rings is 1. The highest BCUT2D eigenvalue weighted by molar-refractivity contribution is 7.12. The van der Waals surface area contributed by atoms with Gasteiger partial charge in [0.15, 0.2) is 0 Å². The number of amides is 1. The maximum absolute atomic E-state index is 12.1. The molecule has 5 heteroatoms. The van der Waals surface area contributed by atoms with E-state index in [1.807, 2.05) is 23.6 Å². The number of rotatable bonds is 3. The summed E-state index contributed by atoms with van der Waals surface area (Å²) in [4.78, 5) is 18.4. The van der Waals surface area contributed by atoms with Gasteiger partial charge in [-0.2, -0.15) is 0 Å². The van der Waals surface area contributed by atoms with E-state index in [0.29, 0.717) is 17.1 Å². The first kappa shape index (κ1) is 11.6. The van der Waals surface area contributed by atoms with Gasteiger partial charge >= 0.3 is 0 Å². The van der Waals surface area contributed by atoms with Crippen molar-refractivity contribution < 1.29 is 4.79 Å². The highest BCUT2D eigenvalue weighted by Crippen LogP contribution is 2.20. The van der Waals surface area contributed by atoms with Crippen LogP contribution >= 0.6 is 11.3 Å². The van der Waals surface area contributed by atoms with Crippen molar-refractivity contribution in [2.24, 2.45) is 0 Å². The van der Waals surface area contributed by atoms with Crippen LogP contribution in [0.2, 0.25) is 0 Å². The van der Waals surface area contributed by atoms with E-state index in [0.717, 1.165) is 5.69 Å². The molecule has 0 bridgehead atoms. The van der Waals surface area contributed by atoms with Gasteiger partial charge in [-0.15, -0.1) is 11.3 Å². The van der Waals surface area contributed by atoms with Crippen LogP contribution in [0.25, 0.3) is 0 Å². The van der Waals surface area contributed by atoms with E-state index < -0.39 is 0 Å². The Morgan fingerprint density at radius 1 is 1.47 bits per heavy atom. The number of aromatic nitrogens is 1. The second-order valence-electron chi connectivity index (χ2n) is 3.69. The van der Waals surface area contributed by atoms with Crippen molar-refractivity contribution in [1.29, 1.82) is 0 Å². The maximum Gasteiger partial charge on any atom is 0.266 e. The predicted octanol–water partition coefficient (Wildman–Crippen LogP) is 2.00. The number of hydrogen-bond acceptors (Lipinski definition) is 4. The zero-order chi connectivity index (χ0) is 12.3. The van der Waals surface area contributed by atoms with E-state index >= 15 is 0 Å². The third-order valence-corrected chi connectivity index (χ3v) is 3.28. The minimum absolute atomic E-state index is 0.0665. The summed E-state index contributed by atoms with van der Waals surface area (Å²) >= 11 is 1.36. The quantitative estimate of drug-likeness (QED) is 0.902. The summed E-state index contributed by atoms with van der Waals surface area (Å²) in [7, 11) is 1.75. The van der Waals surface area contributed by atoms with Crippen molar-refractivity contribution in [3.8, 4) is 0 Å². The van der Waals surface area contributed by atoms with E-state index in [1.165, 1.54) is 11.3 Å². The molecule has 0 atom stereocenters. The molecule has 0 aromatic carbocycles. The van der Waals surface area contributed by atoms with Crippen molar-refractivity contribution in [2.45, 2.75) is 6.54 Å². The number of carbonyl (C=O) groups is 1. The smallest absolute Gasteiger partial charge is 0.266 e. The van der Waals surface area contributed by atoms with Crippen LogP contribution < -0.4 is 5.73 Å². The molecule has 2 heterocycles. The zero-order valence-electron chi connectivity index (χ0n) is 9.46. The number of thiophene rings is 1. The summed E-state index contributed by atoms with van der Waals surface area (Å²) in [6.45, 7) is 0.483. The first-order valence-electron chi connectivity index (χ1n) is 5.17. The fraction of sp³-hybridized carbons (Fsp3) is 0.167. The van der Waals surface area contributed by atoms with Gasteiger partial charge in [-0.3, -0.25) is 9.78 Å². The summed E-state index contributed by atoms with van der Waals surface area (Å²) in [5, 5.41) is 1.82. The lowest BCUT2D eigenvalue weighted by Gasteiger charge is -2.16. The molecule has 17 heavy (non-hydrogen) atoms. The van der Waals surface area contributed by atoms with Gasteiger partial charge in [-0.25, -0.2) is 0 Å². The summed E-state index contributed by atoms with van der Waals surface area (Å²) < 4.78 is 0. The molecule has 2 N–H and O–H groups in total. The Bertz CT molecular complexity index is 509. The molecule has 88 valence electrons. The average Bonchev–Trinajstić information content (AvgIpc) is 2.76. The fourth-order valence-corrected chi connectivity index (χ4v) is 2.28. The molecule has 0 aliphatic carbocycles. The van der Waals surface area contributed by atoms with E-state index in [2.05, 4.69) is 4.98 Å². The second-order valence-corrected chi connectivity index (χ2v) is 4.60. The second kappa shape index (κ2) is 4.97. The number of carbonyl (C=O) groups excluding carboxylic acids is 1. The third-order valence-electron chi connectivity index (χ3n) is 2.36. The molecule has 0 saturated carbocycles. The van der Waals surface area contributed by atoms with Gasteiger partial charge in [0.25, 0.3) is 5.91 Å². The first-order valence-corrected chi connectivity index (χ1v) is 6.05. The Labute approximate surface area is 104 Å². The van der Waals surface area contributed by atoms with Crippen LogP contribution in [0.1, 0.15) is 15.4 Å². The van der Waals surface area contributed by atoms with E-state index in [9.17, 15) is 4.79 Å². The molecule has 2 rings (SSSR count). The van der Waals surface area contributed by atoms with Crippen molar-refractivity contribution in [3.05, 3.63) is 46.4 Å². The molecule has 0 radical (unpaired) electrons. The van der Waals surface area contributed by atoms with E-state index in [1.54, 1.807) is 24.2 Å². The molecule has 0 aliphatic rings. The molecule has 0 spiro atoms. The summed E-state index contributed by atoms with van der Waals surface area (Å²) in [6, 6.07) is 7.39. The number of anilines is 1. The average molecular weight is 247 g/mol. The third kappa shape index (κ3) is 2.62. The van der Waals surface area contributed by atoms with Crippen LogP contribution in [-0.4, -0.2) is 22.8 Å². The number of nitrogens with zero attached hydrogens (tertiary/aromatic N) is 2. The Morgan fingerprint density at radius 2 is 2.29 bits per heavy atom. The monoisotopic (exact) mass is 247 g/mol. The SMILES string of the molecule is CN(Cc1ccccn1)C(=O)c1sccc1N. The Hall–Kier alpha value is -1.88. The standard InChI is InChI=1S/C12H13N3OS/c1-15(8-9-4-2-3-6-14-9)12(16)11-10(13)5-7-17-11/h2-7H,8,13H2,1H3. The molecule has 0 fully saturated rings. The molecule has 2 aromatic rings. The molecular formula is C12H13N3OS. The highest BCUT2D eigenvalue weighted by atomic mass is 32.1. The van der Waals surface area contributed by atoms with E-state index in [4.69, 9.17) is 5.73 Å². The lowest BCUT2D eigenvalue weighted by atomic mass is 10.3. The minimum atomic E-state index is -0.0665. The van der Waals surface area contributed by atoms with Crippen LogP contribution in [-0.2, 0) is 6.54 Å². The Kier molecular flexibility index (Phi) is 3.39. The van der Waals surface area contributed by atoms with Gasteiger partial charge < -0.3 is 10.6 Å². The maximum atomic E-state index is 12.1. The highest BCUT2D eigenvalue weighted by Gasteiger charge is 2.16. The summed E-state index contributed by atoms with van der Waals surface area (Å²) in [5.41, 5.74) is 7.11. The van der Waals surface area contributed by atoms with Gasteiger partial charge in [-0.1, -0.05) is 6.07 Å². The molecular weight excluding hydrogens is 234 g/mol. The Balaban J connectivity index is 2.09. The van der Waals surface area contributed by atoms with E-state index in [-0.39, 0.29) is 5.91 Å². The lowest BCUT2D eigenvalue weighted by Crippen LogP contribution is -2.26. The largest absolute Gasteiger partial charge is 0.397 e. The lowest BCUT2D eigenvalue weighted by molar-refractivity contribution is 0.0789. The van der Waals surface area contributed by atoms with Gasteiger partial charge in [0.05, 0.1) is 17.9 Å². The van der Waals surface area contributed by atoms with Crippen molar-refractivity contribution in [2.75, 3.05) is 12.8 Å². The normalized spacial score (nSPS) is 10.2. The number of nitrogen functional groups attached to an aromatic ring is 1. The van der Waals surface area contributed by atoms with Crippen molar-refractivity contribution >= 4 is 22.9 Å². The molecule has 0 aliphatic heterocycles. The number of nitrogens with two attached hydrogens (primary N) is 1. The van der Waals surface area contributed by atoms with Crippen LogP contribution in [0.4, 0.5) is 5.69 Å². The summed E-state index contributed by atoms with van der Waals surface area (Å²) in [5.74, 6) is -0.0665. The first-order chi connectivity index (χ1) is 8.18. The molecule has 4 nitrogen and oxygen atoms in total. The summed E-state index contributed by atoms with van der Waals surface area (Å²) in [6.07, 6.45) is 1.72. The van der Waals surface area contributed by atoms with Crippen LogP contribution in [0.15, 0.2) is 35.8 Å². The van der Waals surface area contributed by atoms with Crippen LogP contribution in [0.3, 0.4) is 0 Å². The fourth-order valence-electron chi connectivity index (χ4n) is 1.47. The molecule has 2 aromatic heterocycles. The molecule has 0 saturated heterocycles.